The van der Waals surface area contributed by atoms with Gasteiger partial charge in [0.15, 0.2) is 0 Å². The van der Waals surface area contributed by atoms with E-state index in [0.29, 0.717) is 12.0 Å². The van der Waals surface area contributed by atoms with Gasteiger partial charge in [0, 0.05) is 31.0 Å². The van der Waals surface area contributed by atoms with Gasteiger partial charge in [0.05, 0.1) is 11.7 Å². The molecule has 2 aromatic rings. The number of nitrogens with one attached hydrogen (secondary N) is 1. The Labute approximate surface area is 149 Å². The number of nitrogens with zero attached hydrogens (tertiary/aromatic N) is 3. The van der Waals surface area contributed by atoms with E-state index in [0.717, 1.165) is 38.3 Å². The molecule has 1 N–H and O–H groups in total. The van der Waals surface area contributed by atoms with Crippen molar-refractivity contribution in [2.24, 2.45) is 0 Å². The third kappa shape index (κ3) is 2.93. The van der Waals surface area contributed by atoms with E-state index in [9.17, 15) is 0 Å². The number of hydrogen-bond acceptors (Lipinski definition) is 4. The highest BCUT2D eigenvalue weighted by molar-refractivity contribution is 5.53. The molecule has 1 atom stereocenters. The quantitative estimate of drug-likeness (QED) is 0.934. The van der Waals surface area contributed by atoms with Gasteiger partial charge in [-0.05, 0) is 44.2 Å². The molecule has 1 aromatic carbocycles. The van der Waals surface area contributed by atoms with Crippen LogP contribution in [0.5, 0.6) is 0 Å². The SMILES string of the molecule is c1ccc(C2CCCN2c2nc(C3CC3)nc3c2CCNCC3)cc1. The number of rotatable bonds is 3. The molecule has 3 aliphatic rings. The first kappa shape index (κ1) is 15.3. The largest absolute Gasteiger partial charge is 0.349 e. The van der Waals surface area contributed by atoms with Gasteiger partial charge in [-0.25, -0.2) is 9.97 Å². The van der Waals surface area contributed by atoms with Crippen molar-refractivity contribution in [1.82, 2.24) is 15.3 Å². The first-order valence-corrected chi connectivity index (χ1v) is 9.82. The molecule has 3 heterocycles. The summed E-state index contributed by atoms with van der Waals surface area (Å²) >= 11 is 0. The van der Waals surface area contributed by atoms with Gasteiger partial charge in [-0.2, -0.15) is 0 Å². The minimum atomic E-state index is 0.462. The highest BCUT2D eigenvalue weighted by atomic mass is 15.2. The minimum Gasteiger partial charge on any atom is -0.349 e. The Hall–Kier alpha value is -1.94. The molecule has 25 heavy (non-hydrogen) atoms. The van der Waals surface area contributed by atoms with Crippen molar-refractivity contribution in [3.63, 3.8) is 0 Å². The molecule has 5 rings (SSSR count). The minimum absolute atomic E-state index is 0.462. The Bertz CT molecular complexity index is 754. The molecule has 4 nitrogen and oxygen atoms in total. The Morgan fingerprint density at radius 2 is 1.80 bits per heavy atom. The van der Waals surface area contributed by atoms with Gasteiger partial charge in [-0.15, -0.1) is 0 Å². The van der Waals surface area contributed by atoms with Crippen LogP contribution < -0.4 is 10.2 Å². The van der Waals surface area contributed by atoms with Gasteiger partial charge >= 0.3 is 0 Å². The lowest BCUT2D eigenvalue weighted by Gasteiger charge is -2.29. The first-order valence-electron chi connectivity index (χ1n) is 9.82. The van der Waals surface area contributed by atoms with Crippen LogP contribution in [-0.4, -0.2) is 29.6 Å². The smallest absolute Gasteiger partial charge is 0.136 e. The van der Waals surface area contributed by atoms with Crippen molar-refractivity contribution < 1.29 is 0 Å². The monoisotopic (exact) mass is 334 g/mol. The van der Waals surface area contributed by atoms with Gasteiger partial charge in [0.25, 0.3) is 0 Å². The van der Waals surface area contributed by atoms with Gasteiger partial charge in [0.2, 0.25) is 0 Å². The van der Waals surface area contributed by atoms with Crippen LogP contribution in [0, 0.1) is 0 Å². The lowest BCUT2D eigenvalue weighted by atomic mass is 10.0. The summed E-state index contributed by atoms with van der Waals surface area (Å²) in [7, 11) is 0. The van der Waals surface area contributed by atoms with Gasteiger partial charge in [-0.1, -0.05) is 30.3 Å². The van der Waals surface area contributed by atoms with Crippen molar-refractivity contribution in [1.29, 1.82) is 0 Å². The third-order valence-corrected chi connectivity index (χ3v) is 5.83. The van der Waals surface area contributed by atoms with E-state index in [4.69, 9.17) is 9.97 Å². The van der Waals surface area contributed by atoms with Gasteiger partial charge < -0.3 is 10.2 Å². The van der Waals surface area contributed by atoms with E-state index in [1.54, 1.807) is 0 Å². The van der Waals surface area contributed by atoms with Crippen molar-refractivity contribution in [3.8, 4) is 0 Å². The summed E-state index contributed by atoms with van der Waals surface area (Å²) in [6.45, 7) is 3.19. The van der Waals surface area contributed by atoms with E-state index in [1.165, 1.54) is 48.3 Å². The van der Waals surface area contributed by atoms with Crippen LogP contribution in [-0.2, 0) is 12.8 Å². The number of aromatic nitrogens is 2. The number of anilines is 1. The second-order valence-electron chi connectivity index (χ2n) is 7.62. The van der Waals surface area contributed by atoms with Crippen molar-refractivity contribution in [2.45, 2.75) is 50.5 Å². The zero-order chi connectivity index (χ0) is 16.6. The third-order valence-electron chi connectivity index (χ3n) is 5.83. The van der Waals surface area contributed by atoms with Crippen molar-refractivity contribution in [3.05, 3.63) is 53.0 Å². The molecule has 1 saturated heterocycles. The molecular weight excluding hydrogens is 308 g/mol. The topological polar surface area (TPSA) is 41.1 Å². The van der Waals surface area contributed by atoms with Crippen molar-refractivity contribution >= 4 is 5.82 Å². The lowest BCUT2D eigenvalue weighted by Crippen LogP contribution is -2.26. The highest BCUT2D eigenvalue weighted by Gasteiger charge is 2.33. The van der Waals surface area contributed by atoms with E-state index < -0.39 is 0 Å². The normalized spacial score (nSPS) is 23.4. The summed E-state index contributed by atoms with van der Waals surface area (Å²) in [5.74, 6) is 2.95. The molecule has 1 unspecified atom stereocenters. The van der Waals surface area contributed by atoms with Crippen LogP contribution in [0.3, 0.4) is 0 Å². The van der Waals surface area contributed by atoms with E-state index in [2.05, 4.69) is 40.5 Å². The maximum atomic E-state index is 5.13. The standard InChI is InChI=1S/C21H26N4/c1-2-5-15(6-3-1)19-7-4-14-25(19)21-17-10-12-22-13-11-18(17)23-20(24-21)16-8-9-16/h1-3,5-6,16,19,22H,4,7-14H2. The second-order valence-corrected chi connectivity index (χ2v) is 7.62. The highest BCUT2D eigenvalue weighted by Crippen LogP contribution is 2.42. The molecule has 0 spiro atoms. The van der Waals surface area contributed by atoms with E-state index in [-0.39, 0.29) is 0 Å². The summed E-state index contributed by atoms with van der Waals surface area (Å²) in [6.07, 6.45) is 7.08. The fraction of sp³-hybridized carbons (Fsp3) is 0.524. The second kappa shape index (κ2) is 6.41. The average Bonchev–Trinajstić information content (AvgIpc) is 3.43. The summed E-state index contributed by atoms with van der Waals surface area (Å²) in [5, 5.41) is 3.53. The Morgan fingerprint density at radius 3 is 2.64 bits per heavy atom. The first-order chi connectivity index (χ1) is 12.4. The summed E-state index contributed by atoms with van der Waals surface area (Å²) in [5.41, 5.74) is 4.12. The summed E-state index contributed by atoms with van der Waals surface area (Å²) < 4.78 is 0. The van der Waals surface area contributed by atoms with Crippen LogP contribution in [0.15, 0.2) is 30.3 Å². The molecule has 1 aliphatic carbocycles. The molecule has 4 heteroatoms. The average molecular weight is 334 g/mol. The maximum absolute atomic E-state index is 5.13. The predicted octanol–water partition coefficient (Wildman–Crippen LogP) is 3.38. The Kier molecular flexibility index (Phi) is 3.93. The number of benzene rings is 1. The fourth-order valence-electron chi connectivity index (χ4n) is 4.35. The number of hydrogen-bond donors (Lipinski definition) is 1. The summed E-state index contributed by atoms with van der Waals surface area (Å²) in [6, 6.07) is 11.4. The van der Waals surface area contributed by atoms with Crippen LogP contribution in [0.2, 0.25) is 0 Å². The van der Waals surface area contributed by atoms with Crippen LogP contribution >= 0.6 is 0 Å². The Balaban J connectivity index is 1.58. The number of fused-ring (bicyclic) bond motifs is 1. The van der Waals surface area contributed by atoms with Crippen LogP contribution in [0.25, 0.3) is 0 Å². The van der Waals surface area contributed by atoms with Crippen molar-refractivity contribution in [2.75, 3.05) is 24.5 Å². The van der Waals surface area contributed by atoms with Crippen LogP contribution in [0.1, 0.15) is 60.3 Å². The Morgan fingerprint density at radius 1 is 0.960 bits per heavy atom. The fourth-order valence-corrected chi connectivity index (χ4v) is 4.35. The molecule has 0 radical (unpaired) electrons. The zero-order valence-electron chi connectivity index (χ0n) is 14.7. The maximum Gasteiger partial charge on any atom is 0.136 e. The molecule has 2 aliphatic heterocycles. The molecule has 1 aromatic heterocycles. The molecule has 130 valence electrons. The van der Waals surface area contributed by atoms with Gasteiger partial charge in [-0.3, -0.25) is 0 Å². The van der Waals surface area contributed by atoms with E-state index in [1.807, 2.05) is 0 Å². The lowest BCUT2D eigenvalue weighted by molar-refractivity contribution is 0.696. The molecular formula is C21H26N4. The molecule has 0 bridgehead atoms. The zero-order valence-corrected chi connectivity index (χ0v) is 14.7. The van der Waals surface area contributed by atoms with Gasteiger partial charge in [0.1, 0.15) is 11.6 Å². The molecule has 0 amide bonds. The van der Waals surface area contributed by atoms with E-state index >= 15 is 0 Å². The molecule has 2 fully saturated rings. The summed E-state index contributed by atoms with van der Waals surface area (Å²) in [4.78, 5) is 12.7. The van der Waals surface area contributed by atoms with Crippen LogP contribution in [0.4, 0.5) is 5.82 Å². The molecule has 1 saturated carbocycles. The predicted molar refractivity (Wildman–Crippen MR) is 100 cm³/mol.